The molecule has 0 saturated carbocycles. The van der Waals surface area contributed by atoms with E-state index in [2.05, 4.69) is 17.6 Å². The van der Waals surface area contributed by atoms with Crippen LogP contribution in [-0.2, 0) is 6.54 Å². The van der Waals surface area contributed by atoms with Crippen LogP contribution in [0.15, 0.2) is 24.3 Å². The lowest BCUT2D eigenvalue weighted by atomic mass is 10.1. The lowest BCUT2D eigenvalue weighted by Gasteiger charge is -2.20. The minimum absolute atomic E-state index is 0.0676. The zero-order chi connectivity index (χ0) is 17.2. The largest absolute Gasteiger partial charge is 0.339 e. The number of unbranched alkanes of at least 4 members (excludes halogenated alkanes) is 1. The van der Waals surface area contributed by atoms with Gasteiger partial charge < -0.3 is 15.5 Å². The van der Waals surface area contributed by atoms with Gasteiger partial charge in [0.2, 0.25) is 0 Å². The molecule has 0 atom stereocenters. The molecule has 128 valence electrons. The van der Waals surface area contributed by atoms with Gasteiger partial charge in [-0.25, -0.2) is 4.79 Å². The van der Waals surface area contributed by atoms with Crippen LogP contribution in [0.2, 0.25) is 0 Å². The number of hydrogen-bond donors (Lipinski definition) is 2. The fraction of sp³-hybridized carbons (Fsp3) is 0.556. The molecular weight excluding hydrogens is 290 g/mol. The summed E-state index contributed by atoms with van der Waals surface area (Å²) in [6.45, 7) is 9.91. The zero-order valence-corrected chi connectivity index (χ0v) is 14.7. The van der Waals surface area contributed by atoms with Gasteiger partial charge in [-0.2, -0.15) is 0 Å². The number of nitrogens with zero attached hydrogens (tertiary/aromatic N) is 1. The van der Waals surface area contributed by atoms with E-state index in [1.54, 1.807) is 0 Å². The highest BCUT2D eigenvalue weighted by Gasteiger charge is 2.13. The van der Waals surface area contributed by atoms with E-state index in [1.165, 1.54) is 0 Å². The Balaban J connectivity index is 2.58. The van der Waals surface area contributed by atoms with Crippen molar-refractivity contribution >= 4 is 11.9 Å². The van der Waals surface area contributed by atoms with E-state index in [0.29, 0.717) is 12.1 Å². The number of amides is 3. The van der Waals surface area contributed by atoms with Crippen LogP contribution in [0.4, 0.5) is 4.79 Å². The fourth-order valence-electron chi connectivity index (χ4n) is 2.20. The molecule has 23 heavy (non-hydrogen) atoms. The summed E-state index contributed by atoms with van der Waals surface area (Å²) >= 11 is 0. The molecule has 0 aliphatic carbocycles. The van der Waals surface area contributed by atoms with Gasteiger partial charge in [0.15, 0.2) is 0 Å². The standard InChI is InChI=1S/C18H29N3O2/c1-5-7-12-21(6-2)17(22)16-10-8-15(9-11-16)13-19-18(23)20-14(3)4/h8-11,14H,5-7,12-13H2,1-4H3,(H2,19,20,23). The summed E-state index contributed by atoms with van der Waals surface area (Å²) in [4.78, 5) is 25.8. The molecule has 5 nitrogen and oxygen atoms in total. The highest BCUT2D eigenvalue weighted by molar-refractivity contribution is 5.94. The molecule has 0 bridgehead atoms. The quantitative estimate of drug-likeness (QED) is 0.773. The van der Waals surface area contributed by atoms with Crippen molar-refractivity contribution in [2.45, 2.75) is 53.1 Å². The monoisotopic (exact) mass is 319 g/mol. The van der Waals surface area contributed by atoms with Crippen LogP contribution in [-0.4, -0.2) is 36.0 Å². The molecular formula is C18H29N3O2. The number of nitrogens with one attached hydrogen (secondary N) is 2. The predicted octanol–water partition coefficient (Wildman–Crippen LogP) is 3.16. The Morgan fingerprint density at radius 3 is 2.30 bits per heavy atom. The number of urea groups is 1. The first-order valence-corrected chi connectivity index (χ1v) is 8.40. The maximum Gasteiger partial charge on any atom is 0.315 e. The molecule has 0 aliphatic rings. The molecule has 1 rings (SSSR count). The average molecular weight is 319 g/mol. The van der Waals surface area contributed by atoms with Crippen molar-refractivity contribution in [3.63, 3.8) is 0 Å². The SMILES string of the molecule is CCCCN(CC)C(=O)c1ccc(CNC(=O)NC(C)C)cc1. The second-order valence-corrected chi connectivity index (χ2v) is 5.92. The number of carbonyl (C=O) groups is 2. The normalized spacial score (nSPS) is 10.5. The van der Waals surface area contributed by atoms with Crippen molar-refractivity contribution in [3.05, 3.63) is 35.4 Å². The molecule has 0 spiro atoms. The van der Waals surface area contributed by atoms with Crippen molar-refractivity contribution in [3.8, 4) is 0 Å². The van der Waals surface area contributed by atoms with Crippen molar-refractivity contribution in [2.75, 3.05) is 13.1 Å². The lowest BCUT2D eigenvalue weighted by Crippen LogP contribution is -2.39. The highest BCUT2D eigenvalue weighted by Crippen LogP contribution is 2.09. The van der Waals surface area contributed by atoms with Crippen molar-refractivity contribution < 1.29 is 9.59 Å². The van der Waals surface area contributed by atoms with Gasteiger partial charge in [-0.1, -0.05) is 25.5 Å². The Bertz CT molecular complexity index is 497. The van der Waals surface area contributed by atoms with Gasteiger partial charge in [0.25, 0.3) is 5.91 Å². The van der Waals surface area contributed by atoms with Crippen LogP contribution >= 0.6 is 0 Å². The van der Waals surface area contributed by atoms with E-state index in [-0.39, 0.29) is 18.0 Å². The Kier molecular flexibility index (Phi) is 8.16. The molecule has 0 heterocycles. The lowest BCUT2D eigenvalue weighted by molar-refractivity contribution is 0.0762. The summed E-state index contributed by atoms with van der Waals surface area (Å²) in [5.41, 5.74) is 1.66. The maximum absolute atomic E-state index is 12.4. The van der Waals surface area contributed by atoms with Crippen molar-refractivity contribution in [2.24, 2.45) is 0 Å². The minimum atomic E-state index is -0.183. The second kappa shape index (κ2) is 9.87. The average Bonchev–Trinajstić information content (AvgIpc) is 2.53. The third-order valence-corrected chi connectivity index (χ3v) is 3.52. The molecule has 0 saturated heterocycles. The van der Waals surface area contributed by atoms with Crippen LogP contribution in [0.1, 0.15) is 56.5 Å². The van der Waals surface area contributed by atoms with Gasteiger partial charge in [-0.05, 0) is 44.9 Å². The summed E-state index contributed by atoms with van der Waals surface area (Å²) < 4.78 is 0. The first kappa shape index (κ1) is 19.0. The van der Waals surface area contributed by atoms with Crippen molar-refractivity contribution in [1.29, 1.82) is 0 Å². The van der Waals surface area contributed by atoms with Gasteiger partial charge in [0.05, 0.1) is 0 Å². The number of benzene rings is 1. The second-order valence-electron chi connectivity index (χ2n) is 5.92. The molecule has 1 aromatic rings. The Morgan fingerprint density at radius 1 is 1.13 bits per heavy atom. The molecule has 0 fully saturated rings. The number of hydrogen-bond acceptors (Lipinski definition) is 2. The van der Waals surface area contributed by atoms with Crippen molar-refractivity contribution in [1.82, 2.24) is 15.5 Å². The number of rotatable bonds is 8. The van der Waals surface area contributed by atoms with Gasteiger partial charge in [-0.15, -0.1) is 0 Å². The van der Waals surface area contributed by atoms with E-state index in [9.17, 15) is 9.59 Å². The smallest absolute Gasteiger partial charge is 0.315 e. The Morgan fingerprint density at radius 2 is 1.78 bits per heavy atom. The summed E-state index contributed by atoms with van der Waals surface area (Å²) in [5, 5.41) is 5.57. The molecule has 0 unspecified atom stereocenters. The van der Waals surface area contributed by atoms with Crippen LogP contribution in [0.25, 0.3) is 0 Å². The van der Waals surface area contributed by atoms with E-state index < -0.39 is 0 Å². The van der Waals surface area contributed by atoms with E-state index in [4.69, 9.17) is 0 Å². The van der Waals surface area contributed by atoms with E-state index in [0.717, 1.165) is 31.5 Å². The van der Waals surface area contributed by atoms with Gasteiger partial charge in [0.1, 0.15) is 0 Å². The van der Waals surface area contributed by atoms with Crippen LogP contribution in [0.5, 0.6) is 0 Å². The Hall–Kier alpha value is -2.04. The molecule has 0 aliphatic heterocycles. The summed E-state index contributed by atoms with van der Waals surface area (Å²) in [6.07, 6.45) is 2.10. The maximum atomic E-state index is 12.4. The van der Waals surface area contributed by atoms with E-state index in [1.807, 2.05) is 49.9 Å². The minimum Gasteiger partial charge on any atom is -0.339 e. The van der Waals surface area contributed by atoms with Gasteiger partial charge in [0, 0.05) is 31.2 Å². The summed E-state index contributed by atoms with van der Waals surface area (Å²) in [7, 11) is 0. The third kappa shape index (κ3) is 6.72. The highest BCUT2D eigenvalue weighted by atomic mass is 16.2. The first-order valence-electron chi connectivity index (χ1n) is 8.40. The topological polar surface area (TPSA) is 61.4 Å². The van der Waals surface area contributed by atoms with Crippen LogP contribution < -0.4 is 10.6 Å². The molecule has 3 amide bonds. The first-order chi connectivity index (χ1) is 11.0. The van der Waals surface area contributed by atoms with E-state index >= 15 is 0 Å². The predicted molar refractivity (Wildman–Crippen MR) is 93.4 cm³/mol. The summed E-state index contributed by atoms with van der Waals surface area (Å²) in [6, 6.07) is 7.35. The zero-order valence-electron chi connectivity index (χ0n) is 14.7. The Labute approximate surface area is 139 Å². The van der Waals surface area contributed by atoms with Gasteiger partial charge in [-0.3, -0.25) is 4.79 Å². The fourth-order valence-corrected chi connectivity index (χ4v) is 2.20. The molecule has 0 radical (unpaired) electrons. The molecule has 2 N–H and O–H groups in total. The van der Waals surface area contributed by atoms with Gasteiger partial charge >= 0.3 is 6.03 Å². The molecule has 5 heteroatoms. The summed E-state index contributed by atoms with van der Waals surface area (Å²) in [5.74, 6) is 0.0676. The third-order valence-electron chi connectivity index (χ3n) is 3.52. The van der Waals surface area contributed by atoms with Crippen LogP contribution in [0, 0.1) is 0 Å². The van der Waals surface area contributed by atoms with Crippen LogP contribution in [0.3, 0.4) is 0 Å². The molecule has 0 aromatic heterocycles. The number of carbonyl (C=O) groups excluding carboxylic acids is 2. The molecule has 1 aromatic carbocycles.